The van der Waals surface area contributed by atoms with E-state index < -0.39 is 10.9 Å². The van der Waals surface area contributed by atoms with Gasteiger partial charge in [0.2, 0.25) is 0 Å². The number of amides is 1. The molecule has 8 nitrogen and oxygen atoms in total. The molecule has 2 atom stereocenters. The van der Waals surface area contributed by atoms with Crippen molar-refractivity contribution in [2.75, 3.05) is 18.9 Å². The van der Waals surface area contributed by atoms with E-state index in [-0.39, 0.29) is 35.5 Å². The van der Waals surface area contributed by atoms with Crippen LogP contribution in [-0.2, 0) is 9.53 Å². The zero-order valence-electron chi connectivity index (χ0n) is 14.6. The van der Waals surface area contributed by atoms with E-state index in [2.05, 4.69) is 0 Å². The topological polar surface area (TPSA) is 116 Å². The highest BCUT2D eigenvalue weighted by Crippen LogP contribution is 2.35. The molecule has 0 aromatic heterocycles. The maximum atomic E-state index is 12.5. The molecule has 3 rings (SSSR count). The van der Waals surface area contributed by atoms with E-state index >= 15 is 0 Å². The maximum absolute atomic E-state index is 12.5. The number of nitrogens with two attached hydrogens (primary N) is 1. The number of nitro benzene ring substituents is 1. The number of piperidine rings is 1. The molecule has 1 saturated heterocycles. The lowest BCUT2D eigenvalue weighted by Crippen LogP contribution is -2.50. The highest BCUT2D eigenvalue weighted by atomic mass is 16.6. The summed E-state index contributed by atoms with van der Waals surface area (Å²) in [6.07, 6.45) is 6.67. The Morgan fingerprint density at radius 2 is 1.96 bits per heavy atom. The number of nitrogen functional groups attached to an aromatic ring is 1. The lowest BCUT2D eigenvalue weighted by molar-refractivity contribution is -0.384. The third kappa shape index (κ3) is 3.79. The lowest BCUT2D eigenvalue weighted by Gasteiger charge is -2.44. The van der Waals surface area contributed by atoms with Gasteiger partial charge >= 0.3 is 5.97 Å². The average Bonchev–Trinajstić information content (AvgIpc) is 2.65. The Labute approximate surface area is 151 Å². The van der Waals surface area contributed by atoms with Crippen molar-refractivity contribution in [1.29, 1.82) is 0 Å². The van der Waals surface area contributed by atoms with Crippen molar-refractivity contribution in [3.63, 3.8) is 0 Å². The van der Waals surface area contributed by atoms with E-state index in [1.54, 1.807) is 0 Å². The second-order valence-corrected chi connectivity index (χ2v) is 6.95. The van der Waals surface area contributed by atoms with Gasteiger partial charge in [0.05, 0.1) is 16.2 Å². The molecule has 1 heterocycles. The highest BCUT2D eigenvalue weighted by molar-refractivity contribution is 5.96. The minimum Gasteiger partial charge on any atom is -0.452 e. The molecular weight excluding hydrogens is 338 g/mol. The smallest absolute Gasteiger partial charge is 0.340 e. The van der Waals surface area contributed by atoms with E-state index in [0.29, 0.717) is 12.5 Å². The monoisotopic (exact) mass is 361 g/mol. The summed E-state index contributed by atoms with van der Waals surface area (Å²) in [5, 5.41) is 10.7. The summed E-state index contributed by atoms with van der Waals surface area (Å²) in [7, 11) is 0. The largest absolute Gasteiger partial charge is 0.452 e. The fourth-order valence-corrected chi connectivity index (χ4v) is 4.07. The van der Waals surface area contributed by atoms with Crippen molar-refractivity contribution in [3.05, 3.63) is 33.9 Å². The van der Waals surface area contributed by atoms with Crippen LogP contribution in [0.1, 0.15) is 48.9 Å². The normalized spacial score (nSPS) is 22.4. The van der Waals surface area contributed by atoms with Crippen LogP contribution in [0.2, 0.25) is 0 Å². The fraction of sp³-hybridized carbons (Fsp3) is 0.556. The number of fused-ring (bicyclic) bond motifs is 1. The molecule has 2 aliphatic rings. The summed E-state index contributed by atoms with van der Waals surface area (Å²) in [6, 6.07) is 3.80. The first-order valence-corrected chi connectivity index (χ1v) is 8.98. The molecule has 0 unspecified atom stereocenters. The molecule has 26 heavy (non-hydrogen) atoms. The van der Waals surface area contributed by atoms with Crippen LogP contribution in [-0.4, -0.2) is 40.9 Å². The molecule has 8 heteroatoms. The molecule has 0 radical (unpaired) electrons. The Morgan fingerprint density at radius 1 is 1.23 bits per heavy atom. The number of non-ortho nitro benzene ring substituents is 1. The Kier molecular flexibility index (Phi) is 5.39. The Morgan fingerprint density at radius 3 is 2.69 bits per heavy atom. The number of ether oxygens (including phenoxy) is 1. The van der Waals surface area contributed by atoms with Gasteiger partial charge < -0.3 is 15.4 Å². The number of nitro groups is 1. The van der Waals surface area contributed by atoms with Gasteiger partial charge in [-0.2, -0.15) is 0 Å². The van der Waals surface area contributed by atoms with Gasteiger partial charge in [0.1, 0.15) is 0 Å². The fourth-order valence-electron chi connectivity index (χ4n) is 4.07. The zero-order chi connectivity index (χ0) is 18.7. The summed E-state index contributed by atoms with van der Waals surface area (Å²) in [4.78, 5) is 36.7. The number of carbonyl (C=O) groups excluding carboxylic acids is 2. The minimum absolute atomic E-state index is 0.0255. The standard InChI is InChI=1S/C18H23N3O5/c19-15-10-13(21(24)25)7-8-14(15)18(23)26-11-17(22)20-9-3-5-12-4-1-2-6-16(12)20/h7-8,10,12,16H,1-6,9,11,19H2/t12-,16+/m1/s1. The molecule has 0 spiro atoms. The van der Waals surface area contributed by atoms with E-state index in [4.69, 9.17) is 10.5 Å². The molecule has 1 aliphatic heterocycles. The minimum atomic E-state index is -0.747. The Hall–Kier alpha value is -2.64. The predicted octanol–water partition coefficient (Wildman–Crippen LogP) is 2.52. The number of carbonyl (C=O) groups is 2. The second-order valence-electron chi connectivity index (χ2n) is 6.95. The van der Waals surface area contributed by atoms with E-state index in [9.17, 15) is 19.7 Å². The second kappa shape index (κ2) is 7.72. The quantitative estimate of drug-likeness (QED) is 0.381. The lowest BCUT2D eigenvalue weighted by atomic mass is 9.78. The van der Waals surface area contributed by atoms with Gasteiger partial charge in [0.25, 0.3) is 11.6 Å². The molecule has 0 bridgehead atoms. The summed E-state index contributed by atoms with van der Waals surface area (Å²) < 4.78 is 5.12. The number of anilines is 1. The van der Waals surface area contributed by atoms with E-state index in [1.807, 2.05) is 4.90 Å². The summed E-state index contributed by atoms with van der Waals surface area (Å²) >= 11 is 0. The van der Waals surface area contributed by atoms with Crippen molar-refractivity contribution in [2.45, 2.75) is 44.6 Å². The summed E-state index contributed by atoms with van der Waals surface area (Å²) in [5.74, 6) is -0.374. The molecule has 1 aromatic carbocycles. The van der Waals surface area contributed by atoms with Crippen molar-refractivity contribution in [3.8, 4) is 0 Å². The Balaban J connectivity index is 1.60. The number of likely N-dealkylation sites (tertiary alicyclic amines) is 1. The van der Waals surface area contributed by atoms with Gasteiger partial charge in [-0.05, 0) is 37.7 Å². The van der Waals surface area contributed by atoms with E-state index in [1.165, 1.54) is 18.6 Å². The van der Waals surface area contributed by atoms with Crippen molar-refractivity contribution >= 4 is 23.3 Å². The molecular formula is C18H23N3O5. The van der Waals surface area contributed by atoms with Crippen LogP contribution in [0.25, 0.3) is 0 Å². The molecule has 1 amide bonds. The molecule has 1 aliphatic carbocycles. The molecule has 1 saturated carbocycles. The first-order valence-electron chi connectivity index (χ1n) is 8.98. The van der Waals surface area contributed by atoms with Crippen LogP contribution >= 0.6 is 0 Å². The van der Waals surface area contributed by atoms with Crippen molar-refractivity contribution in [2.24, 2.45) is 5.92 Å². The third-order valence-corrected chi connectivity index (χ3v) is 5.36. The summed E-state index contributed by atoms with van der Waals surface area (Å²) in [5.41, 5.74) is 5.48. The third-order valence-electron chi connectivity index (χ3n) is 5.36. The van der Waals surface area contributed by atoms with Gasteiger partial charge in [-0.25, -0.2) is 4.79 Å². The van der Waals surface area contributed by atoms with Crippen LogP contribution in [0.15, 0.2) is 18.2 Å². The van der Waals surface area contributed by atoms with Gasteiger partial charge in [0.15, 0.2) is 6.61 Å². The van der Waals surface area contributed by atoms with Crippen molar-refractivity contribution in [1.82, 2.24) is 4.90 Å². The first kappa shape index (κ1) is 18.2. The van der Waals surface area contributed by atoms with Gasteiger partial charge in [-0.1, -0.05) is 12.8 Å². The molecule has 140 valence electrons. The maximum Gasteiger partial charge on any atom is 0.340 e. The number of nitrogens with zero attached hydrogens (tertiary/aromatic N) is 2. The zero-order valence-corrected chi connectivity index (χ0v) is 14.6. The van der Waals surface area contributed by atoms with E-state index in [0.717, 1.165) is 38.2 Å². The van der Waals surface area contributed by atoms with Crippen LogP contribution in [0.5, 0.6) is 0 Å². The first-order chi connectivity index (χ1) is 12.5. The predicted molar refractivity (Wildman–Crippen MR) is 94.5 cm³/mol. The number of rotatable bonds is 4. The average molecular weight is 361 g/mol. The number of hydrogen-bond acceptors (Lipinski definition) is 6. The van der Waals surface area contributed by atoms with Gasteiger partial charge in [-0.15, -0.1) is 0 Å². The van der Waals surface area contributed by atoms with Crippen LogP contribution in [0.4, 0.5) is 11.4 Å². The highest BCUT2D eigenvalue weighted by Gasteiger charge is 2.35. The Bertz CT molecular complexity index is 719. The number of hydrogen-bond donors (Lipinski definition) is 1. The summed E-state index contributed by atoms with van der Waals surface area (Å²) in [6.45, 7) is 0.371. The van der Waals surface area contributed by atoms with Crippen LogP contribution < -0.4 is 5.73 Å². The van der Waals surface area contributed by atoms with Gasteiger partial charge in [0, 0.05) is 24.7 Å². The molecule has 2 fully saturated rings. The molecule has 2 N–H and O–H groups in total. The number of esters is 1. The van der Waals surface area contributed by atoms with Gasteiger partial charge in [-0.3, -0.25) is 14.9 Å². The van der Waals surface area contributed by atoms with Crippen molar-refractivity contribution < 1.29 is 19.2 Å². The number of benzene rings is 1. The van der Waals surface area contributed by atoms with Crippen LogP contribution in [0.3, 0.4) is 0 Å². The SMILES string of the molecule is Nc1cc([N+](=O)[O-])ccc1C(=O)OCC(=O)N1CCC[C@H]2CCCC[C@@H]21. The van der Waals surface area contributed by atoms with Crippen LogP contribution in [0, 0.1) is 16.0 Å². The molecule has 1 aromatic rings.